The van der Waals surface area contributed by atoms with Gasteiger partial charge in [0.15, 0.2) is 11.5 Å². The SMILES string of the molecule is COc1cc2c(cc1OC(C)=O)NC(=O)[C@@H]1C[C@@H](OC(C)=O)CN1C2=O. The number of benzene rings is 1. The highest BCUT2D eigenvalue weighted by Gasteiger charge is 2.44. The van der Waals surface area contributed by atoms with Crippen LogP contribution < -0.4 is 14.8 Å². The highest BCUT2D eigenvalue weighted by molar-refractivity contribution is 6.10. The van der Waals surface area contributed by atoms with Gasteiger partial charge in [-0.05, 0) is 6.07 Å². The van der Waals surface area contributed by atoms with Crippen LogP contribution in [0.4, 0.5) is 5.69 Å². The summed E-state index contributed by atoms with van der Waals surface area (Å²) in [6.45, 7) is 2.65. The molecule has 1 aromatic carbocycles. The summed E-state index contributed by atoms with van der Waals surface area (Å²) in [6.07, 6.45) is -0.310. The lowest BCUT2D eigenvalue weighted by atomic mass is 10.1. The van der Waals surface area contributed by atoms with Gasteiger partial charge in [0, 0.05) is 26.3 Å². The third kappa shape index (κ3) is 3.19. The predicted octanol–water partition coefficient (Wildman–Crippen LogP) is 0.719. The Morgan fingerprint density at radius 3 is 2.50 bits per heavy atom. The Kier molecular flexibility index (Phi) is 4.54. The number of nitrogens with one attached hydrogen (secondary N) is 1. The van der Waals surface area contributed by atoms with Gasteiger partial charge in [-0.15, -0.1) is 0 Å². The number of hydrogen-bond donors (Lipinski definition) is 1. The maximum Gasteiger partial charge on any atom is 0.308 e. The molecule has 3 rings (SSSR count). The molecule has 2 heterocycles. The van der Waals surface area contributed by atoms with Crippen LogP contribution in [0.1, 0.15) is 30.6 Å². The van der Waals surface area contributed by atoms with Crippen molar-refractivity contribution in [3.05, 3.63) is 17.7 Å². The first kappa shape index (κ1) is 17.7. The van der Waals surface area contributed by atoms with E-state index >= 15 is 0 Å². The molecule has 9 heteroatoms. The molecule has 0 saturated carbocycles. The lowest BCUT2D eigenvalue weighted by Gasteiger charge is -2.20. The van der Waals surface area contributed by atoms with Crippen LogP contribution in [0.2, 0.25) is 0 Å². The van der Waals surface area contributed by atoms with E-state index in [9.17, 15) is 19.2 Å². The summed E-state index contributed by atoms with van der Waals surface area (Å²) in [5.74, 6) is -1.52. The van der Waals surface area contributed by atoms with Crippen LogP contribution >= 0.6 is 0 Å². The fourth-order valence-electron chi connectivity index (χ4n) is 3.20. The Hall–Kier alpha value is -3.10. The summed E-state index contributed by atoms with van der Waals surface area (Å²) >= 11 is 0. The van der Waals surface area contributed by atoms with Crippen molar-refractivity contribution < 1.29 is 33.4 Å². The fraction of sp³-hybridized carbons (Fsp3) is 0.412. The molecule has 9 nitrogen and oxygen atoms in total. The van der Waals surface area contributed by atoms with Crippen molar-refractivity contribution in [2.45, 2.75) is 32.4 Å². The van der Waals surface area contributed by atoms with Crippen molar-refractivity contribution >= 4 is 29.4 Å². The smallest absolute Gasteiger partial charge is 0.308 e. The number of fused-ring (bicyclic) bond motifs is 2. The quantitative estimate of drug-likeness (QED) is 0.623. The largest absolute Gasteiger partial charge is 0.493 e. The highest BCUT2D eigenvalue weighted by Crippen LogP contribution is 2.37. The monoisotopic (exact) mass is 362 g/mol. The topological polar surface area (TPSA) is 111 Å². The summed E-state index contributed by atoms with van der Waals surface area (Å²) < 4.78 is 15.4. The highest BCUT2D eigenvalue weighted by atomic mass is 16.6. The summed E-state index contributed by atoms with van der Waals surface area (Å²) in [5.41, 5.74) is 0.438. The molecule has 1 fully saturated rings. The summed E-state index contributed by atoms with van der Waals surface area (Å²) in [4.78, 5) is 49.2. The molecular formula is C17H18N2O7. The number of nitrogens with zero attached hydrogens (tertiary/aromatic N) is 1. The van der Waals surface area contributed by atoms with Gasteiger partial charge < -0.3 is 24.4 Å². The van der Waals surface area contributed by atoms with Gasteiger partial charge >= 0.3 is 11.9 Å². The van der Waals surface area contributed by atoms with Crippen LogP contribution in [0.15, 0.2) is 12.1 Å². The van der Waals surface area contributed by atoms with Crippen LogP contribution in [0.5, 0.6) is 11.5 Å². The zero-order valence-corrected chi connectivity index (χ0v) is 14.5. The maximum atomic E-state index is 12.9. The molecular weight excluding hydrogens is 344 g/mol. The molecule has 2 atom stereocenters. The van der Waals surface area contributed by atoms with Crippen LogP contribution in [0, 0.1) is 0 Å². The van der Waals surface area contributed by atoms with Gasteiger partial charge in [-0.1, -0.05) is 0 Å². The Balaban J connectivity index is 1.98. The second kappa shape index (κ2) is 6.66. The normalized spacial score (nSPS) is 21.3. The average Bonchev–Trinajstić information content (AvgIpc) is 2.93. The molecule has 138 valence electrons. The number of carbonyl (C=O) groups is 4. The average molecular weight is 362 g/mol. The Morgan fingerprint density at radius 1 is 1.15 bits per heavy atom. The van der Waals surface area contributed by atoms with E-state index in [1.165, 1.54) is 38.0 Å². The van der Waals surface area contributed by atoms with Gasteiger partial charge in [-0.25, -0.2) is 0 Å². The van der Waals surface area contributed by atoms with E-state index in [-0.39, 0.29) is 35.7 Å². The molecule has 0 aromatic heterocycles. The van der Waals surface area contributed by atoms with E-state index in [4.69, 9.17) is 14.2 Å². The zero-order valence-electron chi connectivity index (χ0n) is 14.5. The lowest BCUT2D eigenvalue weighted by Crippen LogP contribution is -2.40. The zero-order chi connectivity index (χ0) is 19.0. The Labute approximate surface area is 149 Å². The van der Waals surface area contributed by atoms with E-state index in [2.05, 4.69) is 5.32 Å². The van der Waals surface area contributed by atoms with Crippen molar-refractivity contribution in [3.63, 3.8) is 0 Å². The minimum Gasteiger partial charge on any atom is -0.493 e. The molecule has 2 aliphatic rings. The minimum absolute atomic E-state index is 0.103. The van der Waals surface area contributed by atoms with Gasteiger partial charge in [0.1, 0.15) is 12.1 Å². The molecule has 1 aromatic rings. The van der Waals surface area contributed by atoms with Gasteiger partial charge in [0.25, 0.3) is 5.91 Å². The lowest BCUT2D eigenvalue weighted by molar-refractivity contribution is -0.145. The second-order valence-electron chi connectivity index (χ2n) is 6.07. The molecule has 26 heavy (non-hydrogen) atoms. The van der Waals surface area contributed by atoms with Crippen molar-refractivity contribution in [2.24, 2.45) is 0 Å². The molecule has 2 amide bonds. The van der Waals surface area contributed by atoms with E-state index in [1.807, 2.05) is 0 Å². The van der Waals surface area contributed by atoms with Gasteiger partial charge in [-0.2, -0.15) is 0 Å². The molecule has 1 saturated heterocycles. The number of hydrogen-bond acceptors (Lipinski definition) is 7. The van der Waals surface area contributed by atoms with E-state index in [0.717, 1.165) is 0 Å². The number of carbonyl (C=O) groups excluding carboxylic acids is 4. The van der Waals surface area contributed by atoms with Crippen LogP contribution in [-0.4, -0.2) is 54.5 Å². The molecule has 0 aliphatic carbocycles. The predicted molar refractivity (Wildman–Crippen MR) is 87.9 cm³/mol. The molecule has 0 unspecified atom stereocenters. The minimum atomic E-state index is -0.748. The third-order valence-corrected chi connectivity index (χ3v) is 4.20. The van der Waals surface area contributed by atoms with Gasteiger partial charge in [0.2, 0.25) is 5.91 Å². The molecule has 0 bridgehead atoms. The maximum absolute atomic E-state index is 12.9. The van der Waals surface area contributed by atoms with Gasteiger partial charge in [-0.3, -0.25) is 19.2 Å². The standard InChI is InChI=1S/C17H18N2O7/c1-8(20)25-10-4-13-16(22)18-12-6-15(26-9(2)21)14(24-3)5-11(12)17(23)19(13)7-10/h5-6,10,13H,4,7H2,1-3H3,(H,18,22)/t10-,13+/m1/s1. The first-order valence-electron chi connectivity index (χ1n) is 7.99. The number of methoxy groups -OCH3 is 1. The van der Waals surface area contributed by atoms with Gasteiger partial charge in [0.05, 0.1) is 24.9 Å². The van der Waals surface area contributed by atoms with Crippen molar-refractivity contribution in [1.82, 2.24) is 4.90 Å². The summed E-state index contributed by atoms with van der Waals surface area (Å²) in [7, 11) is 1.38. The Bertz CT molecular complexity index is 805. The molecule has 2 aliphatic heterocycles. The van der Waals surface area contributed by atoms with Crippen molar-refractivity contribution in [1.29, 1.82) is 0 Å². The Morgan fingerprint density at radius 2 is 1.88 bits per heavy atom. The first-order chi connectivity index (χ1) is 12.3. The molecule has 1 N–H and O–H groups in total. The first-order valence-corrected chi connectivity index (χ1v) is 7.99. The van der Waals surface area contributed by atoms with Crippen LogP contribution in [0.3, 0.4) is 0 Å². The van der Waals surface area contributed by atoms with E-state index < -0.39 is 35.9 Å². The fourth-order valence-corrected chi connectivity index (χ4v) is 3.20. The molecule has 0 radical (unpaired) electrons. The van der Waals surface area contributed by atoms with Crippen LogP contribution in [-0.2, 0) is 19.1 Å². The van der Waals surface area contributed by atoms with E-state index in [0.29, 0.717) is 0 Å². The number of amides is 2. The summed E-state index contributed by atoms with van der Waals surface area (Å²) in [6, 6.07) is 2.05. The number of ether oxygens (including phenoxy) is 3. The third-order valence-electron chi connectivity index (χ3n) is 4.20. The number of esters is 2. The second-order valence-corrected chi connectivity index (χ2v) is 6.07. The number of rotatable bonds is 3. The van der Waals surface area contributed by atoms with Crippen LogP contribution in [0.25, 0.3) is 0 Å². The van der Waals surface area contributed by atoms with E-state index in [1.54, 1.807) is 0 Å². The van der Waals surface area contributed by atoms with Crippen molar-refractivity contribution in [2.75, 3.05) is 19.0 Å². The van der Waals surface area contributed by atoms with Crippen molar-refractivity contribution in [3.8, 4) is 11.5 Å². The number of anilines is 1. The summed E-state index contributed by atoms with van der Waals surface area (Å²) in [5, 5.41) is 2.67. The molecule has 0 spiro atoms.